The van der Waals surface area contributed by atoms with Crippen molar-refractivity contribution < 1.29 is 23.5 Å². The van der Waals surface area contributed by atoms with Gasteiger partial charge in [-0.3, -0.25) is 0 Å². The Morgan fingerprint density at radius 2 is 1.36 bits per heavy atom. The Morgan fingerprint density at radius 3 is 1.91 bits per heavy atom. The first-order chi connectivity index (χ1) is 15.9. The van der Waals surface area contributed by atoms with Crippen LogP contribution in [0.15, 0.2) is 54.6 Å². The topological polar surface area (TPSA) is 46.2 Å². The smallest absolute Gasteiger partial charge is 0.488 e. The van der Waals surface area contributed by atoms with Crippen molar-refractivity contribution >= 4 is 7.12 Å². The zero-order valence-electron chi connectivity index (χ0n) is 20.9. The van der Waals surface area contributed by atoms with Crippen LogP contribution < -0.4 is 4.74 Å². The molecule has 0 radical (unpaired) electrons. The summed E-state index contributed by atoms with van der Waals surface area (Å²) in [4.78, 5) is 0. The van der Waals surface area contributed by atoms with Crippen LogP contribution in [-0.4, -0.2) is 39.0 Å². The molecule has 4 atom stereocenters. The van der Waals surface area contributed by atoms with E-state index in [1.165, 1.54) is 0 Å². The van der Waals surface area contributed by atoms with Crippen LogP contribution in [0, 0.1) is 17.8 Å². The van der Waals surface area contributed by atoms with Gasteiger partial charge in [0.1, 0.15) is 5.75 Å². The van der Waals surface area contributed by atoms with Crippen molar-refractivity contribution in [1.82, 2.24) is 0 Å². The molecule has 5 nitrogen and oxygen atoms in total. The molecule has 3 rings (SSSR count). The van der Waals surface area contributed by atoms with Gasteiger partial charge in [0.15, 0.2) is 0 Å². The molecule has 0 aromatic heterocycles. The van der Waals surface area contributed by atoms with E-state index in [9.17, 15) is 0 Å². The summed E-state index contributed by atoms with van der Waals surface area (Å²) in [5.74, 6) is 1.68. The van der Waals surface area contributed by atoms with E-state index >= 15 is 0 Å². The third-order valence-corrected chi connectivity index (χ3v) is 6.14. The Bertz CT molecular complexity index is 795. The Labute approximate surface area is 199 Å². The molecule has 6 heteroatoms. The standard InChI is InChI=1S/C27H39BO5/c1-19(2)25-26(20(3)4)33-28(32-25)27(31-18-22-10-8-7-9-11-22)21(5)16-30-17-23-12-14-24(29-6)15-13-23/h7-15,19-21,25-27H,16-18H2,1-6H3/t21-,25+,26+,27+/m1/s1. The predicted molar refractivity (Wildman–Crippen MR) is 132 cm³/mol. The quantitative estimate of drug-likeness (QED) is 0.393. The number of hydrogen-bond acceptors (Lipinski definition) is 5. The molecular weight excluding hydrogens is 415 g/mol. The molecule has 1 aliphatic heterocycles. The normalized spacial score (nSPS) is 20.4. The van der Waals surface area contributed by atoms with Crippen LogP contribution in [0.25, 0.3) is 0 Å². The number of benzene rings is 2. The van der Waals surface area contributed by atoms with Gasteiger partial charge in [0, 0.05) is 5.92 Å². The van der Waals surface area contributed by atoms with Crippen molar-refractivity contribution in [3.63, 3.8) is 0 Å². The first kappa shape index (κ1) is 25.8. The average molecular weight is 454 g/mol. The van der Waals surface area contributed by atoms with Gasteiger partial charge in [0.05, 0.1) is 45.1 Å². The predicted octanol–water partition coefficient (Wildman–Crippen LogP) is 5.56. The minimum atomic E-state index is -0.409. The van der Waals surface area contributed by atoms with Crippen LogP contribution in [-0.2, 0) is 32.0 Å². The van der Waals surface area contributed by atoms with Crippen LogP contribution >= 0.6 is 0 Å². The molecule has 0 saturated carbocycles. The number of rotatable bonds is 12. The van der Waals surface area contributed by atoms with Gasteiger partial charge in [-0.2, -0.15) is 0 Å². The zero-order chi connectivity index (χ0) is 23.8. The molecule has 0 bridgehead atoms. The monoisotopic (exact) mass is 454 g/mol. The van der Waals surface area contributed by atoms with E-state index < -0.39 is 7.12 Å². The maximum absolute atomic E-state index is 6.44. The molecule has 0 amide bonds. The molecule has 2 aromatic rings. The Morgan fingerprint density at radius 1 is 0.788 bits per heavy atom. The highest BCUT2D eigenvalue weighted by Crippen LogP contribution is 2.32. The van der Waals surface area contributed by atoms with Gasteiger partial charge in [-0.15, -0.1) is 0 Å². The summed E-state index contributed by atoms with van der Waals surface area (Å²) in [6.45, 7) is 12.5. The second kappa shape index (κ2) is 12.6. The van der Waals surface area contributed by atoms with E-state index in [1.807, 2.05) is 42.5 Å². The summed E-state index contributed by atoms with van der Waals surface area (Å²) in [7, 11) is 1.26. The maximum atomic E-state index is 6.44. The number of hydrogen-bond donors (Lipinski definition) is 0. The van der Waals surface area contributed by atoms with E-state index in [4.69, 9.17) is 23.5 Å². The Hall–Kier alpha value is -1.86. The van der Waals surface area contributed by atoms with Crippen LogP contribution in [0.4, 0.5) is 0 Å². The SMILES string of the molecule is COc1ccc(COC[C@@H](C)[C@H](OCc2ccccc2)B2O[C@@H](C(C)C)[C@H](C(C)C)O2)cc1. The van der Waals surface area contributed by atoms with Gasteiger partial charge >= 0.3 is 7.12 Å². The van der Waals surface area contributed by atoms with Crippen molar-refractivity contribution in [2.45, 2.75) is 66.0 Å². The second-order valence-electron chi connectivity index (χ2n) is 9.66. The van der Waals surface area contributed by atoms with Gasteiger partial charge in [-0.25, -0.2) is 0 Å². The summed E-state index contributed by atoms with van der Waals surface area (Å²) in [5, 5.41) is 0. The lowest BCUT2D eigenvalue weighted by Gasteiger charge is -2.26. The first-order valence-corrected chi connectivity index (χ1v) is 12.1. The third kappa shape index (κ3) is 7.31. The molecular formula is C27H39BO5. The van der Waals surface area contributed by atoms with Gasteiger partial charge in [0.2, 0.25) is 0 Å². The highest BCUT2D eigenvalue weighted by atomic mass is 16.7. The van der Waals surface area contributed by atoms with Crippen molar-refractivity contribution in [1.29, 1.82) is 0 Å². The number of ether oxygens (including phenoxy) is 3. The van der Waals surface area contributed by atoms with Crippen LogP contribution in [0.5, 0.6) is 5.75 Å². The summed E-state index contributed by atoms with van der Waals surface area (Å²) in [5.41, 5.74) is 2.24. The van der Waals surface area contributed by atoms with Crippen LogP contribution in [0.2, 0.25) is 0 Å². The average Bonchev–Trinajstić information content (AvgIpc) is 3.26. The fraction of sp³-hybridized carbons (Fsp3) is 0.556. The van der Waals surface area contributed by atoms with E-state index in [0.29, 0.717) is 31.7 Å². The van der Waals surface area contributed by atoms with E-state index in [1.54, 1.807) is 7.11 Å². The lowest BCUT2D eigenvalue weighted by atomic mass is 9.74. The van der Waals surface area contributed by atoms with Gasteiger partial charge < -0.3 is 23.5 Å². The highest BCUT2D eigenvalue weighted by molar-refractivity contribution is 6.47. The summed E-state index contributed by atoms with van der Waals surface area (Å²) in [6, 6.07) is 17.9. The summed E-state index contributed by atoms with van der Waals surface area (Å²) in [6.07, 6.45) is 0.121. The molecule has 0 aliphatic carbocycles. The van der Waals surface area contributed by atoms with E-state index in [0.717, 1.165) is 16.9 Å². The van der Waals surface area contributed by atoms with Crippen LogP contribution in [0.1, 0.15) is 45.7 Å². The maximum Gasteiger partial charge on any atom is 0.488 e. The highest BCUT2D eigenvalue weighted by Gasteiger charge is 2.48. The fourth-order valence-electron chi connectivity index (χ4n) is 4.18. The molecule has 2 aromatic carbocycles. The van der Waals surface area contributed by atoms with Gasteiger partial charge in [-0.1, -0.05) is 77.1 Å². The molecule has 1 aliphatic rings. The van der Waals surface area contributed by atoms with Gasteiger partial charge in [0.25, 0.3) is 0 Å². The van der Waals surface area contributed by atoms with Crippen LogP contribution in [0.3, 0.4) is 0 Å². The van der Waals surface area contributed by atoms with Crippen molar-refractivity contribution in [3.05, 3.63) is 65.7 Å². The van der Waals surface area contributed by atoms with Gasteiger partial charge in [-0.05, 0) is 35.1 Å². The molecule has 0 unspecified atom stereocenters. The lowest BCUT2D eigenvalue weighted by molar-refractivity contribution is -0.00619. The van der Waals surface area contributed by atoms with Crippen molar-refractivity contribution in [2.75, 3.05) is 13.7 Å². The van der Waals surface area contributed by atoms with E-state index in [2.05, 4.69) is 46.8 Å². The minimum absolute atomic E-state index is 0.0604. The molecule has 0 N–H and O–H groups in total. The number of methoxy groups -OCH3 is 1. The molecule has 1 saturated heterocycles. The fourth-order valence-corrected chi connectivity index (χ4v) is 4.18. The minimum Gasteiger partial charge on any atom is -0.497 e. The second-order valence-corrected chi connectivity index (χ2v) is 9.66. The molecule has 180 valence electrons. The van der Waals surface area contributed by atoms with Crippen molar-refractivity contribution in [2.24, 2.45) is 17.8 Å². The summed E-state index contributed by atoms with van der Waals surface area (Å²) >= 11 is 0. The first-order valence-electron chi connectivity index (χ1n) is 12.1. The molecule has 33 heavy (non-hydrogen) atoms. The van der Waals surface area contributed by atoms with E-state index in [-0.39, 0.29) is 24.1 Å². The summed E-state index contributed by atoms with van der Waals surface area (Å²) < 4.78 is 30.6. The Balaban J connectivity index is 1.65. The Kier molecular flexibility index (Phi) is 9.81. The third-order valence-electron chi connectivity index (χ3n) is 6.14. The largest absolute Gasteiger partial charge is 0.497 e. The lowest BCUT2D eigenvalue weighted by Crippen LogP contribution is -2.42. The van der Waals surface area contributed by atoms with Crippen molar-refractivity contribution in [3.8, 4) is 5.75 Å². The molecule has 1 heterocycles. The molecule has 0 spiro atoms. The zero-order valence-corrected chi connectivity index (χ0v) is 20.9. The molecule has 1 fully saturated rings.